The molecule has 1 heterocycles. The van der Waals surface area contributed by atoms with E-state index in [2.05, 4.69) is 12.7 Å². The molecule has 1 N–H and O–H groups in total. The Labute approximate surface area is 162 Å². The van der Waals surface area contributed by atoms with Crippen LogP contribution < -0.4 is 0 Å². The Balaban J connectivity index is 2.40. The third kappa shape index (κ3) is 5.55. The number of carbonyl (C=O) groups is 2. The number of rotatable bonds is 1. The van der Waals surface area contributed by atoms with Crippen LogP contribution in [0.25, 0.3) is 0 Å². The van der Waals surface area contributed by atoms with E-state index in [0.717, 1.165) is 18.4 Å². The quantitative estimate of drug-likeness (QED) is 0.425. The third-order valence-electron chi connectivity index (χ3n) is 5.80. The van der Waals surface area contributed by atoms with Gasteiger partial charge in [0.25, 0.3) is 0 Å². The van der Waals surface area contributed by atoms with Crippen LogP contribution in [0.4, 0.5) is 0 Å². The van der Waals surface area contributed by atoms with Crippen LogP contribution in [0.5, 0.6) is 0 Å². The van der Waals surface area contributed by atoms with Gasteiger partial charge in [-0.05, 0) is 70.8 Å². The van der Waals surface area contributed by atoms with Gasteiger partial charge in [-0.1, -0.05) is 24.3 Å². The van der Waals surface area contributed by atoms with Crippen molar-refractivity contribution in [3.05, 3.63) is 35.5 Å². The molecule has 2 aliphatic rings. The molecular weight excluding hydrogens is 344 g/mol. The molecule has 1 fully saturated rings. The van der Waals surface area contributed by atoms with Gasteiger partial charge >= 0.3 is 11.9 Å². The van der Waals surface area contributed by atoms with E-state index >= 15 is 0 Å². The van der Waals surface area contributed by atoms with Crippen LogP contribution in [0.3, 0.4) is 0 Å². The van der Waals surface area contributed by atoms with Crippen LogP contribution in [0.15, 0.2) is 35.5 Å². The van der Waals surface area contributed by atoms with E-state index in [1.165, 1.54) is 12.5 Å². The van der Waals surface area contributed by atoms with Crippen molar-refractivity contribution in [3.8, 4) is 0 Å². The molecule has 1 aliphatic carbocycles. The second-order valence-electron chi connectivity index (χ2n) is 8.09. The van der Waals surface area contributed by atoms with Crippen LogP contribution >= 0.6 is 0 Å². The Kier molecular flexibility index (Phi) is 7.04. The molecule has 5 nitrogen and oxygen atoms in total. The first-order valence-corrected chi connectivity index (χ1v) is 9.72. The lowest BCUT2D eigenvalue weighted by atomic mass is 9.83. The van der Waals surface area contributed by atoms with Gasteiger partial charge in [0.05, 0.1) is 6.10 Å². The van der Waals surface area contributed by atoms with Crippen molar-refractivity contribution in [1.29, 1.82) is 0 Å². The maximum Gasteiger partial charge on any atom is 0.334 e. The zero-order chi connectivity index (χ0) is 20.2. The molecule has 5 heteroatoms. The van der Waals surface area contributed by atoms with Crippen molar-refractivity contribution in [2.45, 2.75) is 84.0 Å². The van der Waals surface area contributed by atoms with E-state index in [1.807, 2.05) is 26.8 Å². The summed E-state index contributed by atoms with van der Waals surface area (Å²) in [4.78, 5) is 24.3. The highest BCUT2D eigenvalue weighted by atomic mass is 16.6. The lowest BCUT2D eigenvalue weighted by molar-refractivity contribution is -0.180. The van der Waals surface area contributed by atoms with Gasteiger partial charge in [0, 0.05) is 12.5 Å². The van der Waals surface area contributed by atoms with E-state index in [4.69, 9.17) is 9.47 Å². The molecule has 0 radical (unpaired) electrons. The van der Waals surface area contributed by atoms with Gasteiger partial charge in [-0.2, -0.15) is 0 Å². The van der Waals surface area contributed by atoms with Crippen LogP contribution in [0.1, 0.15) is 66.2 Å². The maximum absolute atomic E-state index is 12.6. The lowest BCUT2D eigenvalue weighted by Gasteiger charge is -2.35. The molecule has 0 saturated carbocycles. The summed E-state index contributed by atoms with van der Waals surface area (Å²) in [6, 6.07) is 0. The molecule has 27 heavy (non-hydrogen) atoms. The van der Waals surface area contributed by atoms with Crippen LogP contribution in [0.2, 0.25) is 0 Å². The minimum atomic E-state index is -0.902. The molecule has 4 atom stereocenters. The highest BCUT2D eigenvalue weighted by Gasteiger charge is 2.44. The zero-order valence-electron chi connectivity index (χ0n) is 16.9. The SMILES string of the molecule is C=C1C(=O)O[C@@]2(C)CC[C@H]1C[C@H](O)/C(C)=C\C/C=C(/C)CC[C@H]2OC(C)=O. The Morgan fingerprint density at radius 2 is 2.04 bits per heavy atom. The minimum absolute atomic E-state index is 0.157. The van der Waals surface area contributed by atoms with Crippen LogP contribution in [-0.4, -0.2) is 34.9 Å². The number of fused-ring (bicyclic) bond motifs is 3. The first-order valence-electron chi connectivity index (χ1n) is 9.72. The molecule has 2 bridgehead atoms. The van der Waals surface area contributed by atoms with E-state index in [-0.39, 0.29) is 11.9 Å². The molecule has 1 saturated heterocycles. The standard InChI is InChI=1S/C22H32O5/c1-14-7-6-8-15(2)19(24)13-18-11-12-22(5,27-21(25)16(18)3)20(10-9-14)26-17(4)23/h7-8,18-20,24H,3,6,9-13H2,1-2,4-5H3/b14-7-,15-8-/t18-,19-,20+,22-/m0/s1. The summed E-state index contributed by atoms with van der Waals surface area (Å²) in [5, 5.41) is 10.6. The Hall–Kier alpha value is -1.88. The first-order chi connectivity index (χ1) is 12.6. The van der Waals surface area contributed by atoms with Crippen molar-refractivity contribution in [3.63, 3.8) is 0 Å². The molecule has 0 amide bonds. The lowest BCUT2D eigenvalue weighted by Crippen LogP contribution is -2.45. The number of aliphatic hydroxyl groups is 1. The average molecular weight is 376 g/mol. The van der Waals surface area contributed by atoms with Gasteiger partial charge in [-0.15, -0.1) is 0 Å². The summed E-state index contributed by atoms with van der Waals surface area (Å²) in [7, 11) is 0. The highest BCUT2D eigenvalue weighted by Crippen LogP contribution is 2.38. The van der Waals surface area contributed by atoms with Crippen LogP contribution in [-0.2, 0) is 19.1 Å². The normalized spacial score (nSPS) is 37.1. The van der Waals surface area contributed by atoms with Gasteiger partial charge in [0.15, 0.2) is 0 Å². The van der Waals surface area contributed by atoms with E-state index < -0.39 is 23.8 Å². The summed E-state index contributed by atoms with van der Waals surface area (Å²) >= 11 is 0. The monoisotopic (exact) mass is 376 g/mol. The summed E-state index contributed by atoms with van der Waals surface area (Å²) in [6.07, 6.45) is 6.72. The van der Waals surface area contributed by atoms with Gasteiger partial charge in [0.2, 0.25) is 0 Å². The fourth-order valence-electron chi connectivity index (χ4n) is 3.80. The highest BCUT2D eigenvalue weighted by molar-refractivity contribution is 5.89. The topological polar surface area (TPSA) is 72.8 Å². The van der Waals surface area contributed by atoms with Crippen molar-refractivity contribution in [1.82, 2.24) is 0 Å². The molecule has 2 rings (SSSR count). The molecule has 150 valence electrons. The second kappa shape index (κ2) is 8.87. The minimum Gasteiger partial charge on any atom is -0.458 e. The average Bonchev–Trinajstić information content (AvgIpc) is 2.69. The summed E-state index contributed by atoms with van der Waals surface area (Å²) < 4.78 is 11.4. The molecule has 1 aliphatic heterocycles. The number of esters is 2. The van der Waals surface area contributed by atoms with Gasteiger partial charge in [-0.25, -0.2) is 4.79 Å². The Morgan fingerprint density at radius 1 is 1.33 bits per heavy atom. The number of hydrogen-bond acceptors (Lipinski definition) is 5. The molecule has 0 aromatic rings. The molecule has 0 unspecified atom stereocenters. The summed E-state index contributed by atoms with van der Waals surface area (Å²) in [6.45, 7) is 11.1. The number of ether oxygens (including phenoxy) is 2. The number of hydrogen-bond donors (Lipinski definition) is 1. The predicted octanol–water partition coefficient (Wildman–Crippen LogP) is 4.01. The zero-order valence-corrected chi connectivity index (χ0v) is 16.9. The van der Waals surface area contributed by atoms with Gasteiger partial charge in [-0.3, -0.25) is 4.79 Å². The molecule has 0 aromatic heterocycles. The number of carbonyl (C=O) groups excluding carboxylic acids is 2. The Morgan fingerprint density at radius 3 is 2.70 bits per heavy atom. The fourth-order valence-corrected chi connectivity index (χ4v) is 3.80. The van der Waals surface area contributed by atoms with E-state index in [1.54, 1.807) is 0 Å². The summed E-state index contributed by atoms with van der Waals surface area (Å²) in [5.41, 5.74) is 1.56. The summed E-state index contributed by atoms with van der Waals surface area (Å²) in [5.74, 6) is -1.00. The van der Waals surface area contributed by atoms with Crippen molar-refractivity contribution in [2.24, 2.45) is 5.92 Å². The fraction of sp³-hybridized carbons (Fsp3) is 0.636. The number of aliphatic hydroxyl groups excluding tert-OH is 1. The second-order valence-corrected chi connectivity index (χ2v) is 8.09. The maximum atomic E-state index is 12.6. The Bertz CT molecular complexity index is 660. The first kappa shape index (κ1) is 21.4. The van der Waals surface area contributed by atoms with E-state index in [9.17, 15) is 14.7 Å². The van der Waals surface area contributed by atoms with Crippen molar-refractivity contribution in [2.75, 3.05) is 0 Å². The van der Waals surface area contributed by atoms with Gasteiger partial charge in [0.1, 0.15) is 11.7 Å². The van der Waals surface area contributed by atoms with E-state index in [0.29, 0.717) is 31.3 Å². The van der Waals surface area contributed by atoms with Crippen molar-refractivity contribution >= 4 is 11.9 Å². The van der Waals surface area contributed by atoms with Crippen LogP contribution in [0, 0.1) is 5.92 Å². The van der Waals surface area contributed by atoms with Crippen molar-refractivity contribution < 1.29 is 24.2 Å². The molecule has 0 spiro atoms. The predicted molar refractivity (Wildman–Crippen MR) is 104 cm³/mol. The smallest absolute Gasteiger partial charge is 0.334 e. The molecular formula is C22H32O5. The largest absolute Gasteiger partial charge is 0.458 e. The molecule has 0 aromatic carbocycles. The van der Waals surface area contributed by atoms with Gasteiger partial charge < -0.3 is 14.6 Å². The third-order valence-corrected chi connectivity index (χ3v) is 5.80. The number of allylic oxidation sites excluding steroid dienone is 3.